The van der Waals surface area contributed by atoms with Crippen LogP contribution in [-0.4, -0.2) is 64.9 Å². The second-order valence-electron chi connectivity index (χ2n) is 6.40. The third-order valence-electron chi connectivity index (χ3n) is 4.25. The number of ether oxygens (including phenoxy) is 2. The van der Waals surface area contributed by atoms with E-state index in [1.165, 1.54) is 23.5 Å². The minimum atomic E-state index is -0.763. The summed E-state index contributed by atoms with van der Waals surface area (Å²) in [6.45, 7) is -0.304. The maximum atomic E-state index is 13.1. The molecule has 6 N–H and O–H groups in total. The zero-order chi connectivity index (χ0) is 23.4. The van der Waals surface area contributed by atoms with E-state index >= 15 is 0 Å². The standard InChI is InChI=1S/2C8H10FN3O3S/c2*9-4-1-12(8(14)11-7(4)10)5-3-16-6(2-13)15-5/h2*1,5-6,13H,2-3H2,(H2,10,11,14)/t2*5-,6+/m10/s1. The second kappa shape index (κ2) is 10.6. The number of hydrogen-bond donors (Lipinski definition) is 4. The molecule has 0 spiro atoms. The van der Waals surface area contributed by atoms with Gasteiger partial charge in [-0.3, -0.25) is 9.13 Å². The van der Waals surface area contributed by atoms with Gasteiger partial charge in [0.25, 0.3) is 0 Å². The van der Waals surface area contributed by atoms with E-state index < -0.39 is 58.0 Å². The number of nitrogens with two attached hydrogens (primary N) is 2. The summed E-state index contributed by atoms with van der Waals surface area (Å²) in [5.74, 6) is -1.47. The number of nitrogens with zero attached hydrogens (tertiary/aromatic N) is 4. The minimum Gasteiger partial charge on any atom is -0.393 e. The van der Waals surface area contributed by atoms with Crippen LogP contribution in [0, 0.1) is 11.6 Å². The van der Waals surface area contributed by atoms with E-state index in [2.05, 4.69) is 9.97 Å². The fraction of sp³-hybridized carbons (Fsp3) is 0.500. The zero-order valence-electron chi connectivity index (χ0n) is 16.3. The predicted molar refractivity (Wildman–Crippen MR) is 113 cm³/mol. The van der Waals surface area contributed by atoms with Gasteiger partial charge in [-0.1, -0.05) is 0 Å². The quantitative estimate of drug-likeness (QED) is 0.411. The molecule has 2 aliphatic heterocycles. The van der Waals surface area contributed by atoms with Crippen molar-refractivity contribution in [2.24, 2.45) is 0 Å². The summed E-state index contributed by atoms with van der Waals surface area (Å²) < 4.78 is 38.9. The lowest BCUT2D eigenvalue weighted by atomic mass is 10.5. The molecular weight excluding hydrogens is 474 g/mol. The Bertz CT molecular complexity index is 989. The maximum Gasteiger partial charge on any atom is 0.351 e. The SMILES string of the molecule is Nc1nc(=O)n([C@@H]2CS[C@H](CO)O2)cc1F.Nc1nc(=O)n([C@H]2CS[C@@H](CO)O2)cc1F. The molecule has 2 saturated heterocycles. The number of anilines is 2. The Kier molecular flexibility index (Phi) is 8.07. The smallest absolute Gasteiger partial charge is 0.351 e. The lowest BCUT2D eigenvalue weighted by molar-refractivity contribution is -0.00681. The molecule has 2 aromatic rings. The Morgan fingerprint density at radius 2 is 1.28 bits per heavy atom. The van der Waals surface area contributed by atoms with E-state index in [4.69, 9.17) is 31.2 Å². The first-order valence-corrected chi connectivity index (χ1v) is 11.2. The third kappa shape index (κ3) is 5.57. The Balaban J connectivity index is 0.000000181. The maximum absolute atomic E-state index is 13.1. The van der Waals surface area contributed by atoms with Gasteiger partial charge in [0.2, 0.25) is 0 Å². The molecule has 0 saturated carbocycles. The van der Waals surface area contributed by atoms with Gasteiger partial charge in [0.15, 0.2) is 23.3 Å². The Labute approximate surface area is 187 Å². The van der Waals surface area contributed by atoms with Gasteiger partial charge in [-0.15, -0.1) is 23.5 Å². The monoisotopic (exact) mass is 494 g/mol. The molecule has 0 aliphatic carbocycles. The number of aromatic nitrogens is 4. The van der Waals surface area contributed by atoms with E-state index in [0.29, 0.717) is 11.5 Å². The van der Waals surface area contributed by atoms with Crippen LogP contribution in [0.5, 0.6) is 0 Å². The number of aliphatic hydroxyl groups excluding tert-OH is 2. The molecule has 0 unspecified atom stereocenters. The highest BCUT2D eigenvalue weighted by Gasteiger charge is 2.29. The van der Waals surface area contributed by atoms with E-state index in [1.807, 2.05) is 0 Å². The van der Waals surface area contributed by atoms with Crippen LogP contribution >= 0.6 is 23.5 Å². The number of halogens is 2. The highest BCUT2D eigenvalue weighted by atomic mass is 32.2. The molecule has 12 nitrogen and oxygen atoms in total. The summed E-state index contributed by atoms with van der Waals surface area (Å²) in [6.07, 6.45) is 0.708. The summed E-state index contributed by atoms with van der Waals surface area (Å²) in [5.41, 5.74) is 8.20. The van der Waals surface area contributed by atoms with Crippen molar-refractivity contribution in [3.63, 3.8) is 0 Å². The van der Waals surface area contributed by atoms with Crippen LogP contribution < -0.4 is 22.8 Å². The summed E-state index contributed by atoms with van der Waals surface area (Å²) in [4.78, 5) is 29.5. The van der Waals surface area contributed by atoms with Crippen molar-refractivity contribution in [1.82, 2.24) is 19.1 Å². The minimum absolute atomic E-state index is 0.152. The van der Waals surface area contributed by atoms with E-state index in [-0.39, 0.29) is 13.2 Å². The molecule has 0 radical (unpaired) electrons. The van der Waals surface area contributed by atoms with Gasteiger partial charge in [-0.25, -0.2) is 18.4 Å². The van der Waals surface area contributed by atoms with Crippen molar-refractivity contribution in [2.75, 3.05) is 36.2 Å². The van der Waals surface area contributed by atoms with Gasteiger partial charge in [0.05, 0.1) is 25.6 Å². The van der Waals surface area contributed by atoms with E-state index in [1.54, 1.807) is 0 Å². The molecule has 4 rings (SSSR count). The topological polar surface area (TPSA) is 181 Å². The highest BCUT2D eigenvalue weighted by Crippen LogP contribution is 2.31. The van der Waals surface area contributed by atoms with Gasteiger partial charge in [0, 0.05) is 11.5 Å². The average molecular weight is 495 g/mol. The molecule has 4 heterocycles. The van der Waals surface area contributed by atoms with Crippen molar-refractivity contribution in [1.29, 1.82) is 0 Å². The first-order chi connectivity index (χ1) is 15.2. The van der Waals surface area contributed by atoms with Crippen molar-refractivity contribution in [2.45, 2.75) is 23.3 Å². The fourth-order valence-corrected chi connectivity index (χ4v) is 4.56. The third-order valence-corrected chi connectivity index (χ3v) is 6.47. The molecule has 32 heavy (non-hydrogen) atoms. The number of nitrogen functional groups attached to an aromatic ring is 2. The largest absolute Gasteiger partial charge is 0.393 e. The molecule has 0 amide bonds. The first-order valence-electron chi connectivity index (χ1n) is 9.07. The summed E-state index contributed by atoms with van der Waals surface area (Å²) in [7, 11) is 0. The summed E-state index contributed by atoms with van der Waals surface area (Å²) >= 11 is 2.70. The highest BCUT2D eigenvalue weighted by molar-refractivity contribution is 8.00. The summed E-state index contributed by atoms with van der Waals surface area (Å²) in [5, 5.41) is 17.7. The average Bonchev–Trinajstić information content (AvgIpc) is 3.43. The van der Waals surface area contributed by atoms with Crippen molar-refractivity contribution >= 4 is 35.2 Å². The summed E-state index contributed by atoms with van der Waals surface area (Å²) in [6, 6.07) is 0. The number of hydrogen-bond acceptors (Lipinski definition) is 12. The molecule has 16 heteroatoms. The molecule has 4 atom stereocenters. The normalized spacial score (nSPS) is 24.9. The lowest BCUT2D eigenvalue weighted by Crippen LogP contribution is -2.29. The molecular formula is C16H20F2N6O6S2. The van der Waals surface area contributed by atoms with Crippen LogP contribution in [-0.2, 0) is 9.47 Å². The van der Waals surface area contributed by atoms with Crippen LogP contribution in [0.3, 0.4) is 0 Å². The molecule has 0 aromatic carbocycles. The molecule has 0 bridgehead atoms. The molecule has 176 valence electrons. The van der Waals surface area contributed by atoms with Crippen molar-refractivity contribution < 1.29 is 28.5 Å². The van der Waals surface area contributed by atoms with Crippen LogP contribution in [0.2, 0.25) is 0 Å². The van der Waals surface area contributed by atoms with Crippen LogP contribution in [0.15, 0.2) is 22.0 Å². The zero-order valence-corrected chi connectivity index (χ0v) is 18.0. The fourth-order valence-electron chi connectivity index (χ4n) is 2.70. The van der Waals surface area contributed by atoms with Gasteiger partial charge < -0.3 is 31.2 Å². The van der Waals surface area contributed by atoms with Gasteiger partial charge >= 0.3 is 11.4 Å². The van der Waals surface area contributed by atoms with Gasteiger partial charge in [-0.05, 0) is 0 Å². The number of aliphatic hydroxyl groups is 2. The van der Waals surface area contributed by atoms with Gasteiger partial charge in [0.1, 0.15) is 23.3 Å². The Hall–Kier alpha value is -2.24. The van der Waals surface area contributed by atoms with E-state index in [9.17, 15) is 18.4 Å². The Morgan fingerprint density at radius 3 is 1.59 bits per heavy atom. The lowest BCUT2D eigenvalue weighted by Gasteiger charge is -2.13. The van der Waals surface area contributed by atoms with Crippen LogP contribution in [0.1, 0.15) is 12.5 Å². The predicted octanol–water partition coefficient (Wildman–Crippen LogP) is -0.910. The molecule has 2 aliphatic rings. The Morgan fingerprint density at radius 1 is 0.906 bits per heavy atom. The first kappa shape index (κ1) is 24.4. The molecule has 2 aromatic heterocycles. The van der Waals surface area contributed by atoms with E-state index in [0.717, 1.165) is 21.5 Å². The number of thioether (sulfide) groups is 2. The number of rotatable bonds is 4. The van der Waals surface area contributed by atoms with Crippen LogP contribution in [0.25, 0.3) is 0 Å². The van der Waals surface area contributed by atoms with Gasteiger partial charge in [-0.2, -0.15) is 9.97 Å². The van der Waals surface area contributed by atoms with Crippen molar-refractivity contribution in [3.8, 4) is 0 Å². The van der Waals surface area contributed by atoms with Crippen LogP contribution in [0.4, 0.5) is 20.4 Å². The van der Waals surface area contributed by atoms with Crippen molar-refractivity contribution in [3.05, 3.63) is 45.0 Å². The molecule has 2 fully saturated rings. The second-order valence-corrected chi connectivity index (χ2v) is 8.79.